The summed E-state index contributed by atoms with van der Waals surface area (Å²) in [5.41, 5.74) is 0. The third-order valence-electron chi connectivity index (χ3n) is 2.29. The van der Waals surface area contributed by atoms with Gasteiger partial charge in [-0.05, 0) is 30.7 Å². The first-order valence-electron chi connectivity index (χ1n) is 5.89. The van der Waals surface area contributed by atoms with Crippen molar-refractivity contribution in [3.8, 4) is 11.5 Å². The molecule has 0 atom stereocenters. The zero-order chi connectivity index (χ0) is 13.4. The molecule has 0 unspecified atom stereocenters. The van der Waals surface area contributed by atoms with Gasteiger partial charge in [-0.25, -0.2) is 8.42 Å². The van der Waals surface area contributed by atoms with Crippen LogP contribution in [0.25, 0.3) is 0 Å². The molecule has 102 valence electrons. The maximum atomic E-state index is 10.3. The number of ether oxygens (including phenoxy) is 1. The Bertz CT molecular complexity index is 444. The molecule has 0 N–H and O–H groups in total. The summed E-state index contributed by atoms with van der Waals surface area (Å²) in [6.07, 6.45) is 4.49. The summed E-state index contributed by atoms with van der Waals surface area (Å²) in [6.45, 7) is 2.77. The smallest absolute Gasteiger partial charge is 0.716 e. The van der Waals surface area contributed by atoms with Crippen LogP contribution in [0.4, 0.5) is 0 Å². The number of benzene rings is 1. The molecule has 0 bridgehead atoms. The molecule has 5 nitrogen and oxygen atoms in total. The van der Waals surface area contributed by atoms with E-state index in [9.17, 15) is 13.0 Å². The van der Waals surface area contributed by atoms with Gasteiger partial charge in [-0.1, -0.05) is 26.2 Å². The Morgan fingerprint density at radius 3 is 2.16 bits per heavy atom. The summed E-state index contributed by atoms with van der Waals surface area (Å²) in [5, 5.41) is 0. The van der Waals surface area contributed by atoms with Crippen molar-refractivity contribution in [2.75, 3.05) is 6.61 Å². The van der Waals surface area contributed by atoms with Crippen molar-refractivity contribution >= 4 is 10.4 Å². The first-order chi connectivity index (χ1) is 8.51. The first-order valence-corrected chi connectivity index (χ1v) is 7.23. The predicted molar refractivity (Wildman–Crippen MR) is 66.4 cm³/mol. The average Bonchev–Trinajstić information content (AvgIpc) is 2.29. The van der Waals surface area contributed by atoms with Crippen LogP contribution in [0.5, 0.6) is 11.5 Å². The number of rotatable bonds is 8. The van der Waals surface area contributed by atoms with E-state index in [-0.39, 0.29) is 57.1 Å². The molecule has 0 aliphatic rings. The van der Waals surface area contributed by atoms with Gasteiger partial charge < -0.3 is 13.5 Å². The van der Waals surface area contributed by atoms with Crippen LogP contribution in [0.1, 0.15) is 32.6 Å². The van der Waals surface area contributed by atoms with Gasteiger partial charge in [0.2, 0.25) is 0 Å². The van der Waals surface area contributed by atoms with E-state index in [0.29, 0.717) is 12.4 Å². The molecule has 19 heavy (non-hydrogen) atoms. The molecule has 1 rings (SSSR count). The zero-order valence-electron chi connectivity index (χ0n) is 11.3. The molecule has 0 saturated heterocycles. The molecule has 0 spiro atoms. The number of hydrogen-bond donors (Lipinski definition) is 0. The molecule has 0 fully saturated rings. The Hall–Kier alpha value is 0.366. The van der Waals surface area contributed by atoms with E-state index in [1.54, 1.807) is 12.1 Å². The predicted octanol–water partition coefficient (Wildman–Crippen LogP) is -0.511. The fourth-order valence-electron chi connectivity index (χ4n) is 1.43. The molecule has 1 aromatic rings. The Labute approximate surface area is 157 Å². The van der Waals surface area contributed by atoms with Crippen LogP contribution in [-0.2, 0) is 10.4 Å². The SMILES string of the molecule is CCCCCCOc1ccc(OS(=O)(=O)[O-])cc1.[K+]. The second kappa shape index (κ2) is 10.1. The fourth-order valence-corrected chi connectivity index (χ4v) is 1.77. The minimum absolute atomic E-state index is 0. The topological polar surface area (TPSA) is 75.7 Å². The van der Waals surface area contributed by atoms with E-state index in [1.165, 1.54) is 25.0 Å². The van der Waals surface area contributed by atoms with Gasteiger partial charge in [0.05, 0.1) is 6.61 Å². The van der Waals surface area contributed by atoms with Crippen LogP contribution in [0.2, 0.25) is 0 Å². The van der Waals surface area contributed by atoms with Crippen LogP contribution >= 0.6 is 0 Å². The van der Waals surface area contributed by atoms with Crippen LogP contribution in [-0.4, -0.2) is 19.6 Å². The van der Waals surface area contributed by atoms with Gasteiger partial charge in [0, 0.05) is 0 Å². The maximum Gasteiger partial charge on any atom is 1.00 e. The molecule has 1 aromatic carbocycles. The fraction of sp³-hybridized carbons (Fsp3) is 0.500. The van der Waals surface area contributed by atoms with Crippen molar-refractivity contribution in [1.29, 1.82) is 0 Å². The number of unbranched alkanes of at least 4 members (excludes halogenated alkanes) is 3. The molecule has 0 radical (unpaired) electrons. The van der Waals surface area contributed by atoms with E-state index in [0.717, 1.165) is 12.8 Å². The second-order valence-electron chi connectivity index (χ2n) is 3.87. The normalized spacial score (nSPS) is 10.6. The van der Waals surface area contributed by atoms with E-state index in [4.69, 9.17) is 4.74 Å². The third kappa shape index (κ3) is 9.83. The van der Waals surface area contributed by atoms with Gasteiger partial charge in [-0.15, -0.1) is 0 Å². The van der Waals surface area contributed by atoms with Crippen molar-refractivity contribution < 1.29 is 73.3 Å². The van der Waals surface area contributed by atoms with Crippen LogP contribution in [0.3, 0.4) is 0 Å². The first kappa shape index (κ1) is 19.4. The molecular weight excluding hydrogens is 295 g/mol. The van der Waals surface area contributed by atoms with Gasteiger partial charge in [0.1, 0.15) is 11.5 Å². The van der Waals surface area contributed by atoms with Crippen molar-refractivity contribution in [2.24, 2.45) is 0 Å². The van der Waals surface area contributed by atoms with Crippen LogP contribution in [0.15, 0.2) is 24.3 Å². The summed E-state index contributed by atoms with van der Waals surface area (Å²) in [5.74, 6) is 0.616. The van der Waals surface area contributed by atoms with Gasteiger partial charge in [-0.3, -0.25) is 0 Å². The molecule has 0 aromatic heterocycles. The Morgan fingerprint density at radius 1 is 1.05 bits per heavy atom. The minimum atomic E-state index is -4.71. The van der Waals surface area contributed by atoms with Gasteiger partial charge in [-0.2, -0.15) is 0 Å². The van der Waals surface area contributed by atoms with Gasteiger partial charge >= 0.3 is 51.4 Å². The summed E-state index contributed by atoms with van der Waals surface area (Å²) in [4.78, 5) is 0. The molecule has 0 saturated carbocycles. The largest absolute Gasteiger partial charge is 1.00 e. The molecule has 0 aliphatic heterocycles. The van der Waals surface area contributed by atoms with E-state index in [1.807, 2.05) is 0 Å². The van der Waals surface area contributed by atoms with E-state index >= 15 is 0 Å². The zero-order valence-corrected chi connectivity index (χ0v) is 15.2. The Kier molecular flexibility index (Phi) is 10.3. The van der Waals surface area contributed by atoms with E-state index < -0.39 is 10.4 Å². The maximum absolute atomic E-state index is 10.3. The van der Waals surface area contributed by atoms with E-state index in [2.05, 4.69) is 11.1 Å². The standard InChI is InChI=1S/C12H18O5S.K/c1-2-3-4-5-10-16-11-6-8-12(9-7-11)17-18(13,14)15;/h6-9H,2-5,10H2,1H3,(H,13,14,15);/q;+1/p-1. The summed E-state index contributed by atoms with van der Waals surface area (Å²) < 4.78 is 40.7. The summed E-state index contributed by atoms with van der Waals surface area (Å²) in [7, 11) is -4.71. The van der Waals surface area contributed by atoms with Crippen molar-refractivity contribution in [3.63, 3.8) is 0 Å². The van der Waals surface area contributed by atoms with Crippen molar-refractivity contribution in [2.45, 2.75) is 32.6 Å². The van der Waals surface area contributed by atoms with Gasteiger partial charge in [0.25, 0.3) is 10.4 Å². The van der Waals surface area contributed by atoms with Gasteiger partial charge in [0.15, 0.2) is 0 Å². The summed E-state index contributed by atoms with van der Waals surface area (Å²) >= 11 is 0. The molecular formula is C12H17KO5S. The molecule has 0 heterocycles. The quantitative estimate of drug-likeness (QED) is 0.280. The molecule has 0 amide bonds. The van der Waals surface area contributed by atoms with Crippen molar-refractivity contribution in [3.05, 3.63) is 24.3 Å². The third-order valence-corrected chi connectivity index (χ3v) is 2.69. The van der Waals surface area contributed by atoms with Crippen LogP contribution < -0.4 is 60.3 Å². The molecule has 7 heteroatoms. The van der Waals surface area contributed by atoms with Crippen molar-refractivity contribution in [1.82, 2.24) is 0 Å². The second-order valence-corrected chi connectivity index (χ2v) is 4.86. The monoisotopic (exact) mass is 312 g/mol. The summed E-state index contributed by atoms with van der Waals surface area (Å²) in [6, 6.07) is 5.91. The Balaban J connectivity index is 0.00000324. The number of hydrogen-bond acceptors (Lipinski definition) is 5. The average molecular weight is 312 g/mol. The van der Waals surface area contributed by atoms with Crippen LogP contribution in [0, 0.1) is 0 Å². The molecule has 0 aliphatic carbocycles. The minimum Gasteiger partial charge on any atom is -0.716 e. The Morgan fingerprint density at radius 2 is 1.63 bits per heavy atom.